The van der Waals surface area contributed by atoms with Crippen LogP contribution in [0.5, 0.6) is 0 Å². The molecule has 10 heteroatoms. The molecular weight excluding hydrogens is 429 g/mol. The lowest BCUT2D eigenvalue weighted by molar-refractivity contribution is 0.0928. The molecule has 2 heterocycles. The maximum absolute atomic E-state index is 13.2. The predicted octanol–water partition coefficient (Wildman–Crippen LogP) is 3.00. The number of sulfonamides is 1. The first-order chi connectivity index (χ1) is 14.4. The standard InChI is InChI=1S/C20H18FN3O4S2/c21-15-5-1-13(2-6-15)17-11-28-12-18(17)23-19(25)14-3-7-16(8-4-14)30(26,27)24-20-22-9-10-29-20/h1-10,17-18H,11-12H2,(H,22,24)(H,23,25). The summed E-state index contributed by atoms with van der Waals surface area (Å²) in [6, 6.07) is 11.5. The van der Waals surface area contributed by atoms with E-state index in [0.29, 0.717) is 18.8 Å². The monoisotopic (exact) mass is 447 g/mol. The fourth-order valence-corrected chi connectivity index (χ4v) is 5.01. The first-order valence-corrected chi connectivity index (χ1v) is 11.4. The maximum Gasteiger partial charge on any atom is 0.263 e. The van der Waals surface area contributed by atoms with Crippen LogP contribution in [0.4, 0.5) is 9.52 Å². The molecule has 1 aliphatic rings. The van der Waals surface area contributed by atoms with Gasteiger partial charge in [0.15, 0.2) is 5.13 Å². The van der Waals surface area contributed by atoms with Crippen molar-refractivity contribution < 1.29 is 22.3 Å². The second-order valence-corrected chi connectivity index (χ2v) is 9.32. The molecule has 1 saturated heterocycles. The average molecular weight is 448 g/mol. The fourth-order valence-electron chi connectivity index (χ4n) is 3.22. The third-order valence-corrected chi connectivity index (χ3v) is 6.95. The molecule has 0 aliphatic carbocycles. The second kappa shape index (κ2) is 8.50. The van der Waals surface area contributed by atoms with E-state index in [1.165, 1.54) is 53.9 Å². The Labute approximate surface area is 177 Å². The Kier molecular flexibility index (Phi) is 5.80. The number of nitrogens with zero attached hydrogens (tertiary/aromatic N) is 1. The minimum absolute atomic E-state index is 0.0302. The van der Waals surface area contributed by atoms with E-state index in [9.17, 15) is 17.6 Å². The van der Waals surface area contributed by atoms with Crippen LogP contribution in [0.25, 0.3) is 0 Å². The summed E-state index contributed by atoms with van der Waals surface area (Å²) in [5.41, 5.74) is 1.21. The van der Waals surface area contributed by atoms with E-state index < -0.39 is 10.0 Å². The summed E-state index contributed by atoms with van der Waals surface area (Å²) in [6.07, 6.45) is 1.50. The van der Waals surface area contributed by atoms with Crippen LogP contribution in [-0.2, 0) is 14.8 Å². The lowest BCUT2D eigenvalue weighted by Gasteiger charge is -2.19. The number of benzene rings is 2. The molecule has 2 unspecified atom stereocenters. The summed E-state index contributed by atoms with van der Waals surface area (Å²) < 4.78 is 45.9. The van der Waals surface area contributed by atoms with Gasteiger partial charge in [-0.25, -0.2) is 17.8 Å². The van der Waals surface area contributed by atoms with Gasteiger partial charge in [0.2, 0.25) is 0 Å². The molecule has 30 heavy (non-hydrogen) atoms. The van der Waals surface area contributed by atoms with Crippen molar-refractivity contribution in [1.29, 1.82) is 0 Å². The van der Waals surface area contributed by atoms with Gasteiger partial charge in [0, 0.05) is 23.1 Å². The van der Waals surface area contributed by atoms with Gasteiger partial charge in [-0.15, -0.1) is 11.3 Å². The van der Waals surface area contributed by atoms with Crippen molar-refractivity contribution in [2.45, 2.75) is 16.9 Å². The Balaban J connectivity index is 1.44. The van der Waals surface area contributed by atoms with Crippen molar-refractivity contribution in [3.05, 3.63) is 77.1 Å². The number of ether oxygens (including phenoxy) is 1. The molecule has 1 aliphatic heterocycles. The number of carbonyl (C=O) groups excluding carboxylic acids is 1. The van der Waals surface area contributed by atoms with E-state index in [2.05, 4.69) is 15.0 Å². The summed E-state index contributed by atoms with van der Waals surface area (Å²) in [6.45, 7) is 0.772. The highest BCUT2D eigenvalue weighted by molar-refractivity contribution is 7.93. The first kappa shape index (κ1) is 20.5. The molecule has 0 radical (unpaired) electrons. The molecule has 0 bridgehead atoms. The molecule has 1 aromatic heterocycles. The lowest BCUT2D eigenvalue weighted by atomic mass is 9.94. The number of nitrogens with one attached hydrogen (secondary N) is 2. The quantitative estimate of drug-likeness (QED) is 0.606. The van der Waals surface area contributed by atoms with Gasteiger partial charge in [-0.1, -0.05) is 12.1 Å². The van der Waals surface area contributed by atoms with Gasteiger partial charge in [-0.2, -0.15) is 0 Å². The number of aromatic nitrogens is 1. The van der Waals surface area contributed by atoms with Gasteiger partial charge >= 0.3 is 0 Å². The molecule has 0 spiro atoms. The lowest BCUT2D eigenvalue weighted by Crippen LogP contribution is -2.39. The van der Waals surface area contributed by atoms with Crippen LogP contribution >= 0.6 is 11.3 Å². The number of thiazole rings is 1. The van der Waals surface area contributed by atoms with Crippen LogP contribution in [-0.4, -0.2) is 38.6 Å². The zero-order valence-electron chi connectivity index (χ0n) is 15.6. The van der Waals surface area contributed by atoms with Gasteiger partial charge < -0.3 is 10.1 Å². The molecule has 0 saturated carbocycles. The van der Waals surface area contributed by atoms with Gasteiger partial charge in [0.1, 0.15) is 5.82 Å². The van der Waals surface area contributed by atoms with Crippen molar-refractivity contribution in [2.24, 2.45) is 0 Å². The zero-order valence-corrected chi connectivity index (χ0v) is 17.3. The van der Waals surface area contributed by atoms with E-state index in [4.69, 9.17) is 4.74 Å². The summed E-state index contributed by atoms with van der Waals surface area (Å²) in [4.78, 5) is 16.6. The molecule has 1 fully saturated rings. The third-order valence-electron chi connectivity index (χ3n) is 4.78. The summed E-state index contributed by atoms with van der Waals surface area (Å²) in [5.74, 6) is -0.746. The highest BCUT2D eigenvalue weighted by Crippen LogP contribution is 2.26. The van der Waals surface area contributed by atoms with E-state index >= 15 is 0 Å². The maximum atomic E-state index is 13.2. The van der Waals surface area contributed by atoms with Gasteiger partial charge in [-0.3, -0.25) is 9.52 Å². The predicted molar refractivity (Wildman–Crippen MR) is 111 cm³/mol. The van der Waals surface area contributed by atoms with Crippen molar-refractivity contribution in [2.75, 3.05) is 17.9 Å². The van der Waals surface area contributed by atoms with Crippen molar-refractivity contribution in [1.82, 2.24) is 10.3 Å². The van der Waals surface area contributed by atoms with Crippen LogP contribution in [0, 0.1) is 5.82 Å². The zero-order chi connectivity index (χ0) is 21.1. The highest BCUT2D eigenvalue weighted by atomic mass is 32.2. The van der Waals surface area contributed by atoms with Crippen molar-refractivity contribution >= 4 is 32.4 Å². The summed E-state index contributed by atoms with van der Waals surface area (Å²) in [7, 11) is -3.78. The Morgan fingerprint density at radius 1 is 1.10 bits per heavy atom. The first-order valence-electron chi connectivity index (χ1n) is 9.09. The van der Waals surface area contributed by atoms with E-state index in [0.717, 1.165) is 5.56 Å². The number of anilines is 1. The molecule has 4 rings (SSSR count). The molecule has 2 atom stereocenters. The van der Waals surface area contributed by atoms with E-state index in [1.807, 2.05) is 0 Å². The van der Waals surface area contributed by atoms with Crippen LogP contribution in [0.1, 0.15) is 21.8 Å². The second-order valence-electron chi connectivity index (χ2n) is 6.74. The molecule has 3 aromatic rings. The van der Waals surface area contributed by atoms with E-state index in [1.54, 1.807) is 17.5 Å². The fraction of sp³-hybridized carbons (Fsp3) is 0.200. The minimum atomic E-state index is -3.78. The number of amides is 1. The smallest absolute Gasteiger partial charge is 0.263 e. The summed E-state index contributed by atoms with van der Waals surface area (Å²) >= 11 is 1.17. The molecule has 2 aromatic carbocycles. The highest BCUT2D eigenvalue weighted by Gasteiger charge is 2.31. The van der Waals surface area contributed by atoms with Gasteiger partial charge in [-0.05, 0) is 42.0 Å². The Morgan fingerprint density at radius 3 is 2.50 bits per heavy atom. The molecule has 7 nitrogen and oxygen atoms in total. The number of halogens is 1. The number of hydrogen-bond acceptors (Lipinski definition) is 6. The molecule has 1 amide bonds. The number of rotatable bonds is 6. The van der Waals surface area contributed by atoms with Gasteiger partial charge in [0.05, 0.1) is 24.2 Å². The van der Waals surface area contributed by atoms with Crippen LogP contribution in [0.2, 0.25) is 0 Å². The van der Waals surface area contributed by atoms with Crippen molar-refractivity contribution in [3.8, 4) is 0 Å². The van der Waals surface area contributed by atoms with Gasteiger partial charge in [0.25, 0.3) is 15.9 Å². The average Bonchev–Trinajstić information content (AvgIpc) is 3.40. The molecule has 2 N–H and O–H groups in total. The molecule has 156 valence electrons. The number of hydrogen-bond donors (Lipinski definition) is 2. The van der Waals surface area contributed by atoms with Crippen molar-refractivity contribution in [3.63, 3.8) is 0 Å². The van der Waals surface area contributed by atoms with Crippen LogP contribution < -0.4 is 10.0 Å². The van der Waals surface area contributed by atoms with Crippen LogP contribution in [0.3, 0.4) is 0 Å². The SMILES string of the molecule is O=C(NC1COCC1c1ccc(F)cc1)c1ccc(S(=O)(=O)Nc2nccs2)cc1. The Hall–Kier alpha value is -2.82. The third kappa shape index (κ3) is 4.50. The Bertz CT molecular complexity index is 1120. The Morgan fingerprint density at radius 2 is 1.83 bits per heavy atom. The topological polar surface area (TPSA) is 97.4 Å². The number of carbonyl (C=O) groups is 1. The van der Waals surface area contributed by atoms with E-state index in [-0.39, 0.29) is 33.7 Å². The minimum Gasteiger partial charge on any atom is -0.379 e. The largest absolute Gasteiger partial charge is 0.379 e. The normalized spacial score (nSPS) is 18.8. The summed E-state index contributed by atoms with van der Waals surface area (Å²) in [5, 5.41) is 4.85. The van der Waals surface area contributed by atoms with Crippen LogP contribution in [0.15, 0.2) is 65.0 Å². The molecular formula is C20H18FN3O4S2.